The Morgan fingerprint density at radius 1 is 0.624 bits per heavy atom. The van der Waals surface area contributed by atoms with Crippen LogP contribution >= 0.6 is 34.9 Å². The Morgan fingerprint density at radius 2 is 1.09 bits per heavy atom. The highest BCUT2D eigenvalue weighted by molar-refractivity contribution is 8.13. The van der Waals surface area contributed by atoms with Crippen molar-refractivity contribution in [3.63, 3.8) is 0 Å². The van der Waals surface area contributed by atoms with Crippen molar-refractivity contribution in [1.29, 1.82) is 0 Å². The molecular weight excluding hydrogens is 1380 g/mol. The summed E-state index contributed by atoms with van der Waals surface area (Å²) in [5.74, 6) is -2.80. The van der Waals surface area contributed by atoms with Gasteiger partial charge in [0.15, 0.2) is 10.2 Å². The zero-order valence-electron chi connectivity index (χ0n) is 62.1. The van der Waals surface area contributed by atoms with Crippen LogP contribution in [0.3, 0.4) is 0 Å². The predicted molar refractivity (Wildman–Crippen MR) is 408 cm³/mol. The Kier molecular flexibility index (Phi) is 41.5. The number of esters is 4. The highest BCUT2D eigenvalue weighted by atomic mass is 32.2. The van der Waals surface area contributed by atoms with Crippen LogP contribution in [0.15, 0.2) is 90.0 Å². The van der Waals surface area contributed by atoms with Gasteiger partial charge in [-0.25, -0.2) is 24.2 Å². The van der Waals surface area contributed by atoms with Crippen molar-refractivity contribution >= 4 is 109 Å². The van der Waals surface area contributed by atoms with Crippen molar-refractivity contribution in [2.24, 2.45) is 0 Å². The first-order chi connectivity index (χ1) is 47.8. The number of aromatic nitrogens is 1. The number of carbonyl (C=O) groups is 10. The number of benzene rings is 2. The number of unbranched alkanes of at least 4 members (excludes halogenated alkanes) is 8. The summed E-state index contributed by atoms with van der Waals surface area (Å²) >= 11 is 3.72. The summed E-state index contributed by atoms with van der Waals surface area (Å²) in [5, 5.41) is 12.4. The lowest BCUT2D eigenvalue weighted by Gasteiger charge is -2.20. The third-order valence-electron chi connectivity index (χ3n) is 15.3. The molecule has 1 aromatic heterocycles. The molecule has 4 amide bonds. The van der Waals surface area contributed by atoms with Gasteiger partial charge in [-0.2, -0.15) is 0 Å². The van der Waals surface area contributed by atoms with E-state index >= 15 is 0 Å². The summed E-state index contributed by atoms with van der Waals surface area (Å²) in [7, 11) is -2.81. The molecule has 0 saturated carbocycles. The van der Waals surface area contributed by atoms with Gasteiger partial charge in [-0.1, -0.05) is 195 Å². The summed E-state index contributed by atoms with van der Waals surface area (Å²) in [4.78, 5) is 131. The van der Waals surface area contributed by atoms with E-state index in [-0.39, 0.29) is 60.1 Å². The molecule has 1 aliphatic carbocycles. The summed E-state index contributed by atoms with van der Waals surface area (Å²) in [6.45, 7) is 27.9. The molecule has 2 aromatic carbocycles. The molecule has 0 saturated heterocycles. The quantitative estimate of drug-likeness (QED) is 0.0102. The van der Waals surface area contributed by atoms with E-state index in [1.165, 1.54) is 68.1 Å². The lowest BCUT2D eigenvalue weighted by atomic mass is 9.98. The number of hydrogen-bond acceptors (Lipinski definition) is 20. The highest BCUT2D eigenvalue weighted by Crippen LogP contribution is 2.44. The molecule has 3 aromatic rings. The number of allylic oxidation sites excluding steroid dienone is 3. The zero-order valence-corrected chi connectivity index (χ0v) is 66.6. The van der Waals surface area contributed by atoms with Gasteiger partial charge in [0.25, 0.3) is 11.8 Å². The fourth-order valence-electron chi connectivity index (χ4n) is 9.67. The third-order valence-corrected chi connectivity index (χ3v) is 21.5. The zero-order chi connectivity index (χ0) is 75.0. The van der Waals surface area contributed by atoms with Crippen LogP contribution < -0.4 is 21.3 Å². The van der Waals surface area contributed by atoms with Gasteiger partial charge in [0.2, 0.25) is 0 Å². The van der Waals surface area contributed by atoms with Crippen LogP contribution in [0, 0.1) is 0 Å². The topological polar surface area (TPSA) is 287 Å². The van der Waals surface area contributed by atoms with Crippen molar-refractivity contribution in [2.75, 3.05) is 31.3 Å². The molecule has 1 aliphatic rings. The van der Waals surface area contributed by atoms with Gasteiger partial charge in [-0.15, -0.1) is 11.3 Å². The van der Waals surface area contributed by atoms with Crippen LogP contribution in [0.1, 0.15) is 191 Å². The van der Waals surface area contributed by atoms with Gasteiger partial charge in [-0.3, -0.25) is 28.8 Å². The van der Waals surface area contributed by atoms with E-state index in [0.29, 0.717) is 48.8 Å². The average molecular weight is 1490 g/mol. The predicted octanol–water partition coefficient (Wildman–Crippen LogP) is 15.7. The molecule has 26 heteroatoms. The Bertz CT molecular complexity index is 3180. The molecule has 0 aliphatic heterocycles. The standard InChI is InChI=1S/C38H53NO7SSi.C37H60N4O9S2Si/c1-6-7-8-9-10-22-36(41)47-24-16-15-17-29(26-35(40)44-23-25-48(3,4)5)46-37(42)28(2)39-38(43)45-27-34-32-20-13-11-18-30(32)31-19-12-14-21-33(31)34;1-10-12-13-14-15-19-32(43)51-21-17-16-18-27(23-31(42)48-20-22-53(7,8)9)49-35(46)26(3)39-33(44)28(11-2)41-34(45)29-25-52-30(40-29)24-38-36(47)50-37(4,5)6/h11-15,17-21,28-29,34H,6-10,16,22-27H2,1-5H3,(H,39,43);11,16,18,25-27H,10,12-15,17,19-24H2,1-9H3,(H,38,47)(H,39,44)(H,41,45)/b17-15+;18-16+,28-11-/t28-,29-;26-,27-/m11/s1. The number of thioether (sulfide) groups is 2. The number of nitrogens with one attached hydrogen (secondary N) is 4. The van der Waals surface area contributed by atoms with Gasteiger partial charge in [-0.05, 0) is 114 Å². The number of carbonyl (C=O) groups excluding carboxylic acids is 10. The largest absolute Gasteiger partial charge is 0.466 e. The smallest absolute Gasteiger partial charge is 0.408 e. The summed E-state index contributed by atoms with van der Waals surface area (Å²) < 4.78 is 32.9. The van der Waals surface area contributed by atoms with Crippen LogP contribution in [-0.2, 0) is 68.5 Å². The van der Waals surface area contributed by atoms with E-state index in [1.807, 2.05) is 42.5 Å². The molecular formula is C75H113N5O16S3Si2. The Labute approximate surface area is 614 Å². The molecule has 0 bridgehead atoms. The SMILES string of the molecule is C/C=C(\NC(=O)c1csc(CNC(=O)OC(C)(C)C)n1)C(=O)N[C@H](C)C(=O)O[C@H](/C=C/CCSC(=O)CCCCCCC)CC(=O)OCC[Si](C)(C)C.CCCCCCCC(=O)SCC/C=C/[C@H](CC(=O)OCC[Si](C)(C)C)OC(=O)[C@@H](C)NC(=O)OCC1c2ccccc2-c2ccccc21. The van der Waals surface area contributed by atoms with Crippen LogP contribution in [0.25, 0.3) is 11.1 Å². The van der Waals surface area contributed by atoms with Crippen molar-refractivity contribution < 1.29 is 76.4 Å². The van der Waals surface area contributed by atoms with Crippen LogP contribution in [0.2, 0.25) is 51.4 Å². The minimum absolute atomic E-state index is 0.0344. The van der Waals surface area contributed by atoms with Gasteiger partial charge in [0, 0.05) is 51.8 Å². The maximum atomic E-state index is 13.1. The van der Waals surface area contributed by atoms with E-state index in [4.69, 9.17) is 28.4 Å². The normalized spacial score (nSPS) is 13.5. The second-order valence-electron chi connectivity index (χ2n) is 28.1. The molecule has 21 nitrogen and oxygen atoms in total. The lowest BCUT2D eigenvalue weighted by Crippen LogP contribution is -2.44. The number of ether oxygens (including phenoxy) is 6. The third kappa shape index (κ3) is 38.8. The van der Waals surface area contributed by atoms with Gasteiger partial charge < -0.3 is 49.7 Å². The number of alkyl carbamates (subject to hydrolysis) is 2. The van der Waals surface area contributed by atoms with Crippen molar-refractivity contribution in [3.8, 4) is 11.1 Å². The molecule has 560 valence electrons. The number of thiazole rings is 1. The summed E-state index contributed by atoms with van der Waals surface area (Å²) in [5.41, 5.74) is 3.69. The molecule has 0 unspecified atom stereocenters. The number of amides is 4. The monoisotopic (exact) mass is 1490 g/mol. The number of rotatable bonds is 43. The fourth-order valence-corrected chi connectivity index (χ4v) is 13.4. The molecule has 0 radical (unpaired) electrons. The van der Waals surface area contributed by atoms with Gasteiger partial charge >= 0.3 is 36.1 Å². The van der Waals surface area contributed by atoms with E-state index < -0.39 is 93.9 Å². The number of fused-ring (bicyclic) bond motifs is 3. The first-order valence-electron chi connectivity index (χ1n) is 35.5. The maximum absolute atomic E-state index is 13.1. The van der Waals surface area contributed by atoms with Crippen LogP contribution in [-0.4, -0.2) is 140 Å². The summed E-state index contributed by atoms with van der Waals surface area (Å²) in [6.07, 6.45) is 17.9. The highest BCUT2D eigenvalue weighted by Gasteiger charge is 2.31. The Hall–Kier alpha value is -6.88. The fraction of sp³-hybridized carbons (Fsp3) is 0.587. The Balaban J connectivity index is 0.000000527. The molecule has 4 atom stereocenters. The van der Waals surface area contributed by atoms with Gasteiger partial charge in [0.1, 0.15) is 52.9 Å². The second-order valence-corrected chi connectivity index (χ2v) is 42.6. The van der Waals surface area contributed by atoms with Crippen LogP contribution in [0.4, 0.5) is 9.59 Å². The maximum Gasteiger partial charge on any atom is 0.408 e. The van der Waals surface area contributed by atoms with Crippen LogP contribution in [0.5, 0.6) is 0 Å². The van der Waals surface area contributed by atoms with Crippen molar-refractivity contribution in [2.45, 2.75) is 252 Å². The number of nitrogens with zero attached hydrogens (tertiary/aromatic N) is 1. The van der Waals surface area contributed by atoms with E-state index in [9.17, 15) is 47.9 Å². The van der Waals surface area contributed by atoms with E-state index in [1.54, 1.807) is 45.9 Å². The molecule has 101 heavy (non-hydrogen) atoms. The molecule has 4 rings (SSSR count). The molecule has 4 N–H and O–H groups in total. The first-order valence-corrected chi connectivity index (χ1v) is 45.8. The van der Waals surface area contributed by atoms with Crippen molar-refractivity contribution in [3.05, 3.63) is 112 Å². The Morgan fingerprint density at radius 3 is 1.54 bits per heavy atom. The van der Waals surface area contributed by atoms with E-state index in [2.05, 4.69) is 91.5 Å². The minimum atomic E-state index is -1.43. The van der Waals surface area contributed by atoms with E-state index in [0.717, 1.165) is 90.6 Å². The number of hydrogen-bond donors (Lipinski definition) is 4. The average Bonchev–Trinajstić information content (AvgIpc) is 1.62. The lowest BCUT2D eigenvalue weighted by molar-refractivity contribution is -0.155. The first kappa shape index (κ1) is 88.3. The minimum Gasteiger partial charge on any atom is -0.466 e. The summed E-state index contributed by atoms with van der Waals surface area (Å²) in [6, 6.07) is 15.6. The molecule has 0 fully saturated rings. The van der Waals surface area contributed by atoms with Crippen molar-refractivity contribution in [1.82, 2.24) is 26.3 Å². The second kappa shape index (κ2) is 47.4. The molecule has 1 heterocycles. The molecule has 0 spiro atoms. The van der Waals surface area contributed by atoms with Gasteiger partial charge in [0.05, 0.1) is 32.6 Å².